The lowest BCUT2D eigenvalue weighted by molar-refractivity contribution is -0.137. The van der Waals surface area contributed by atoms with Crippen LogP contribution in [0.3, 0.4) is 0 Å². The maximum atomic E-state index is 13.0. The number of halogens is 3. The number of benzene rings is 1. The number of anilines is 1. The summed E-state index contributed by atoms with van der Waals surface area (Å²) in [6, 6.07) is 7.26. The molecule has 33 heavy (non-hydrogen) atoms. The zero-order valence-electron chi connectivity index (χ0n) is 18.4. The van der Waals surface area contributed by atoms with Crippen molar-refractivity contribution in [3.8, 4) is 6.07 Å². The molecule has 2 aliphatic heterocycles. The number of nitrogens with zero attached hydrogens (tertiary/aromatic N) is 5. The average molecular weight is 461 g/mol. The second kappa shape index (κ2) is 9.43. The number of carbonyl (C=O) groups is 1. The highest BCUT2D eigenvalue weighted by Gasteiger charge is 2.32. The Bertz CT molecular complexity index is 1020. The van der Waals surface area contributed by atoms with Gasteiger partial charge < -0.3 is 14.2 Å². The van der Waals surface area contributed by atoms with Gasteiger partial charge in [-0.3, -0.25) is 9.69 Å². The maximum Gasteiger partial charge on any atom is 0.416 e. The second-order valence-corrected chi connectivity index (χ2v) is 8.47. The van der Waals surface area contributed by atoms with Crippen molar-refractivity contribution in [2.45, 2.75) is 38.4 Å². The number of hydrogen-bond donors (Lipinski definition) is 0. The molecule has 1 amide bonds. The molecule has 1 aromatic carbocycles. The Hall–Kier alpha value is -3.06. The van der Waals surface area contributed by atoms with Crippen LogP contribution in [0.1, 0.15) is 48.0 Å². The number of piperidine rings is 1. The van der Waals surface area contributed by atoms with E-state index in [1.54, 1.807) is 11.8 Å². The number of amides is 1. The van der Waals surface area contributed by atoms with Crippen molar-refractivity contribution >= 4 is 11.8 Å². The highest BCUT2D eigenvalue weighted by Crippen LogP contribution is 2.34. The van der Waals surface area contributed by atoms with Gasteiger partial charge in [0.05, 0.1) is 12.1 Å². The summed E-state index contributed by atoms with van der Waals surface area (Å²) < 4.78 is 44.3. The van der Waals surface area contributed by atoms with E-state index in [0.717, 1.165) is 43.5 Å². The molecular formula is C23H26F3N5O2. The molecule has 10 heteroatoms. The van der Waals surface area contributed by atoms with Gasteiger partial charge in [-0.1, -0.05) is 18.6 Å². The van der Waals surface area contributed by atoms with Crippen molar-refractivity contribution in [2.75, 3.05) is 44.2 Å². The predicted molar refractivity (Wildman–Crippen MR) is 114 cm³/mol. The molecule has 0 aliphatic carbocycles. The Morgan fingerprint density at radius 3 is 2.48 bits per heavy atom. The summed E-state index contributed by atoms with van der Waals surface area (Å²) >= 11 is 0. The van der Waals surface area contributed by atoms with Gasteiger partial charge in [0.25, 0.3) is 0 Å². The summed E-state index contributed by atoms with van der Waals surface area (Å²) in [5, 5.41) is 9.23. The van der Waals surface area contributed by atoms with E-state index < -0.39 is 11.7 Å². The lowest BCUT2D eigenvalue weighted by Crippen LogP contribution is -2.52. The number of carbonyl (C=O) groups excluding carboxylic acids is 1. The van der Waals surface area contributed by atoms with Gasteiger partial charge in [0, 0.05) is 39.1 Å². The van der Waals surface area contributed by atoms with Crippen LogP contribution in [0.5, 0.6) is 0 Å². The molecule has 0 saturated carbocycles. The molecule has 3 heterocycles. The van der Waals surface area contributed by atoms with Gasteiger partial charge in [-0.25, -0.2) is 4.98 Å². The van der Waals surface area contributed by atoms with Crippen LogP contribution in [0.2, 0.25) is 0 Å². The second-order valence-electron chi connectivity index (χ2n) is 8.47. The van der Waals surface area contributed by atoms with Gasteiger partial charge in [-0.05, 0) is 37.1 Å². The number of piperazine rings is 1. The number of likely N-dealkylation sites (tertiary alicyclic amines) is 1. The summed E-state index contributed by atoms with van der Waals surface area (Å²) in [5.41, 5.74) is 0.397. The Morgan fingerprint density at radius 2 is 1.85 bits per heavy atom. The van der Waals surface area contributed by atoms with Crippen LogP contribution in [0.25, 0.3) is 0 Å². The van der Waals surface area contributed by atoms with Crippen LogP contribution in [0.4, 0.5) is 19.1 Å². The molecule has 0 N–H and O–H groups in total. The third-order valence-corrected chi connectivity index (χ3v) is 6.32. The van der Waals surface area contributed by atoms with Gasteiger partial charge in [-0.15, -0.1) is 0 Å². The first-order chi connectivity index (χ1) is 15.8. The summed E-state index contributed by atoms with van der Waals surface area (Å²) in [4.78, 5) is 22.9. The first-order valence-corrected chi connectivity index (χ1v) is 11.1. The van der Waals surface area contributed by atoms with Crippen LogP contribution in [0, 0.1) is 18.3 Å². The maximum absolute atomic E-state index is 13.0. The molecule has 2 aliphatic rings. The van der Waals surface area contributed by atoms with E-state index in [-0.39, 0.29) is 24.2 Å². The number of nitriles is 1. The van der Waals surface area contributed by atoms with Crippen molar-refractivity contribution in [3.05, 3.63) is 47.0 Å². The van der Waals surface area contributed by atoms with Crippen molar-refractivity contribution in [1.82, 2.24) is 14.8 Å². The Morgan fingerprint density at radius 1 is 1.15 bits per heavy atom. The van der Waals surface area contributed by atoms with E-state index in [2.05, 4.69) is 9.88 Å². The Labute approximate surface area is 190 Å². The molecule has 2 aromatic rings. The molecule has 0 spiro atoms. The van der Waals surface area contributed by atoms with Gasteiger partial charge in [-0.2, -0.15) is 18.4 Å². The fourth-order valence-corrected chi connectivity index (χ4v) is 4.59. The third kappa shape index (κ3) is 5.14. The third-order valence-electron chi connectivity index (χ3n) is 6.32. The summed E-state index contributed by atoms with van der Waals surface area (Å²) in [6.07, 6.45) is -1.61. The summed E-state index contributed by atoms with van der Waals surface area (Å²) in [7, 11) is 0. The highest BCUT2D eigenvalue weighted by molar-refractivity contribution is 5.78. The topological polar surface area (TPSA) is 76.6 Å². The first kappa shape index (κ1) is 23.1. The number of oxazole rings is 1. The van der Waals surface area contributed by atoms with Gasteiger partial charge in [0.15, 0.2) is 5.89 Å². The monoisotopic (exact) mass is 461 g/mol. The van der Waals surface area contributed by atoms with Gasteiger partial charge in [0.2, 0.25) is 17.5 Å². The summed E-state index contributed by atoms with van der Waals surface area (Å²) in [5.74, 6) is 0.877. The van der Waals surface area contributed by atoms with E-state index in [1.165, 1.54) is 12.1 Å². The van der Waals surface area contributed by atoms with Crippen LogP contribution in [0.15, 0.2) is 28.7 Å². The minimum absolute atomic E-state index is 0.00252. The van der Waals surface area contributed by atoms with Crippen molar-refractivity contribution < 1.29 is 22.4 Å². The van der Waals surface area contributed by atoms with E-state index in [9.17, 15) is 23.2 Å². The Balaban J connectivity index is 1.37. The zero-order chi connectivity index (χ0) is 23.6. The molecule has 7 nitrogen and oxygen atoms in total. The normalized spacial score (nSPS) is 20.0. The average Bonchev–Trinajstić information content (AvgIpc) is 3.20. The van der Waals surface area contributed by atoms with Gasteiger partial charge in [0.1, 0.15) is 6.07 Å². The highest BCUT2D eigenvalue weighted by atomic mass is 19.4. The molecule has 1 aromatic heterocycles. The van der Waals surface area contributed by atoms with Crippen LogP contribution >= 0.6 is 0 Å². The molecule has 2 saturated heterocycles. The lowest BCUT2D eigenvalue weighted by atomic mass is 9.94. The zero-order valence-corrected chi connectivity index (χ0v) is 18.4. The molecule has 0 bridgehead atoms. The minimum atomic E-state index is -4.36. The quantitative estimate of drug-likeness (QED) is 0.690. The lowest BCUT2D eigenvalue weighted by Gasteiger charge is -2.39. The Kier molecular flexibility index (Phi) is 6.61. The summed E-state index contributed by atoms with van der Waals surface area (Å²) in [6.45, 7) is 4.74. The van der Waals surface area contributed by atoms with Crippen molar-refractivity contribution in [2.24, 2.45) is 0 Å². The van der Waals surface area contributed by atoms with E-state index in [1.807, 2.05) is 11.0 Å². The number of rotatable bonds is 4. The molecule has 176 valence electrons. The van der Waals surface area contributed by atoms with Crippen LogP contribution in [-0.4, -0.2) is 60.0 Å². The fourth-order valence-electron chi connectivity index (χ4n) is 4.59. The van der Waals surface area contributed by atoms with E-state index >= 15 is 0 Å². The SMILES string of the molecule is Cc1nc(C#N)c(N2CCN(C(=O)CN3CCCCC3c3ccc(C(F)(F)F)cc3)CC2)o1. The molecule has 2 fully saturated rings. The minimum Gasteiger partial charge on any atom is -0.424 e. The van der Waals surface area contributed by atoms with Gasteiger partial charge >= 0.3 is 6.18 Å². The van der Waals surface area contributed by atoms with Crippen molar-refractivity contribution in [1.29, 1.82) is 5.26 Å². The largest absolute Gasteiger partial charge is 0.424 e. The van der Waals surface area contributed by atoms with Crippen LogP contribution < -0.4 is 4.90 Å². The fraction of sp³-hybridized carbons (Fsp3) is 0.522. The molecule has 1 atom stereocenters. The van der Waals surface area contributed by atoms with Crippen molar-refractivity contribution in [3.63, 3.8) is 0 Å². The molecule has 0 radical (unpaired) electrons. The molecule has 1 unspecified atom stereocenters. The van der Waals surface area contributed by atoms with Crippen LogP contribution in [-0.2, 0) is 11.0 Å². The number of hydrogen-bond acceptors (Lipinski definition) is 6. The standard InChI is InChI=1S/C23H26F3N5O2/c1-16-28-19(14-27)22(33-16)30-12-10-29(11-13-30)21(32)15-31-9-3-2-4-20(31)17-5-7-18(8-6-17)23(24,25)26/h5-8,20H,2-4,9-13,15H2,1H3. The smallest absolute Gasteiger partial charge is 0.416 e. The number of aryl methyl sites for hydroxylation is 1. The first-order valence-electron chi connectivity index (χ1n) is 11.1. The van der Waals surface area contributed by atoms with E-state index in [4.69, 9.17) is 4.42 Å². The number of aromatic nitrogens is 1. The number of alkyl halides is 3. The predicted octanol–water partition coefficient (Wildman–Crippen LogP) is 3.75. The van der Waals surface area contributed by atoms with E-state index in [0.29, 0.717) is 38.0 Å². The molecular weight excluding hydrogens is 435 g/mol. The molecule has 4 rings (SSSR count).